The second kappa shape index (κ2) is 19.4. The van der Waals surface area contributed by atoms with Crippen LogP contribution in [0.25, 0.3) is 0 Å². The van der Waals surface area contributed by atoms with Crippen LogP contribution in [0.2, 0.25) is 0 Å². The summed E-state index contributed by atoms with van der Waals surface area (Å²) in [5, 5.41) is 0. The Kier molecular flexibility index (Phi) is 24.5. The number of unbranched alkanes of at least 4 members (excludes halogenated alkanes) is 9. The van der Waals surface area contributed by atoms with E-state index in [1.807, 2.05) is 0 Å². The van der Waals surface area contributed by atoms with E-state index in [0.29, 0.717) is 6.42 Å². The fraction of sp³-hybridized carbons (Fsp3) is 0.857. The van der Waals surface area contributed by atoms with Gasteiger partial charge in [0.05, 0.1) is 6.61 Å². The van der Waals surface area contributed by atoms with E-state index < -0.39 is 10.4 Å². The standard InChI is InChI=1S/C12H26O4S.C2H4.Mg.2H/c1-2-3-4-5-6-7-8-9-10-11-12-16-17(13,14)15;1-2;;;/h2-12H2,1H3,(H,13,14,15);1-2H2;;;/q;;+2;2*-1. The molecule has 1 N–H and O–H groups in total. The molecule has 0 fully saturated rings. The van der Waals surface area contributed by atoms with Crippen molar-refractivity contribution in [3.05, 3.63) is 13.2 Å². The molecule has 0 aliphatic heterocycles. The molecular formula is C14H32MgO4S. The van der Waals surface area contributed by atoms with Crippen molar-refractivity contribution >= 4 is 33.5 Å². The monoisotopic (exact) mass is 320 g/mol. The molecule has 0 radical (unpaired) electrons. The average Bonchev–Trinajstić information content (AvgIpc) is 2.37. The summed E-state index contributed by atoms with van der Waals surface area (Å²) in [4.78, 5) is 0. The number of hydrogen-bond donors (Lipinski definition) is 1. The van der Waals surface area contributed by atoms with Crippen LogP contribution in [0.3, 0.4) is 0 Å². The van der Waals surface area contributed by atoms with Gasteiger partial charge in [-0.2, -0.15) is 8.42 Å². The van der Waals surface area contributed by atoms with Gasteiger partial charge in [-0.15, -0.1) is 13.2 Å². The Balaban J connectivity index is -0.000000184. The summed E-state index contributed by atoms with van der Waals surface area (Å²) < 4.78 is 33.0. The van der Waals surface area contributed by atoms with E-state index in [9.17, 15) is 8.42 Å². The van der Waals surface area contributed by atoms with Crippen LogP contribution in [0.1, 0.15) is 74.0 Å². The smallest absolute Gasteiger partial charge is 1.00 e. The summed E-state index contributed by atoms with van der Waals surface area (Å²) in [6.45, 7) is 8.31. The molecule has 4 nitrogen and oxygen atoms in total. The third-order valence-electron chi connectivity index (χ3n) is 2.73. The van der Waals surface area contributed by atoms with Crippen LogP contribution in [0, 0.1) is 0 Å². The van der Waals surface area contributed by atoms with Gasteiger partial charge in [-0.1, -0.05) is 64.7 Å². The van der Waals surface area contributed by atoms with E-state index >= 15 is 0 Å². The Morgan fingerprint density at radius 2 is 1.25 bits per heavy atom. The molecule has 120 valence electrons. The topological polar surface area (TPSA) is 63.6 Å². The van der Waals surface area contributed by atoms with Crippen molar-refractivity contribution in [3.63, 3.8) is 0 Å². The van der Waals surface area contributed by atoms with Gasteiger partial charge in [0, 0.05) is 0 Å². The summed E-state index contributed by atoms with van der Waals surface area (Å²) in [6, 6.07) is 0. The largest absolute Gasteiger partial charge is 2.00 e. The Morgan fingerprint density at radius 1 is 0.900 bits per heavy atom. The van der Waals surface area contributed by atoms with Crippen molar-refractivity contribution in [1.82, 2.24) is 0 Å². The van der Waals surface area contributed by atoms with Gasteiger partial charge in [-0.25, -0.2) is 4.18 Å². The van der Waals surface area contributed by atoms with Gasteiger partial charge in [0.15, 0.2) is 0 Å². The molecule has 0 aliphatic rings. The van der Waals surface area contributed by atoms with Crippen LogP contribution >= 0.6 is 0 Å². The Morgan fingerprint density at radius 3 is 1.60 bits per heavy atom. The molecular weight excluding hydrogens is 289 g/mol. The van der Waals surface area contributed by atoms with Crippen molar-refractivity contribution in [2.45, 2.75) is 71.1 Å². The molecule has 0 bridgehead atoms. The first kappa shape index (κ1) is 25.3. The molecule has 0 amide bonds. The molecule has 0 saturated heterocycles. The van der Waals surface area contributed by atoms with Gasteiger partial charge in [0.25, 0.3) is 0 Å². The van der Waals surface area contributed by atoms with Crippen molar-refractivity contribution < 1.29 is 20.0 Å². The second-order valence-electron chi connectivity index (χ2n) is 4.43. The summed E-state index contributed by atoms with van der Waals surface area (Å²) in [5.74, 6) is 0. The van der Waals surface area contributed by atoms with E-state index in [4.69, 9.17) is 4.55 Å². The summed E-state index contributed by atoms with van der Waals surface area (Å²) >= 11 is 0. The first-order valence-corrected chi connectivity index (χ1v) is 8.54. The van der Waals surface area contributed by atoms with E-state index in [2.05, 4.69) is 24.3 Å². The predicted molar refractivity (Wildman–Crippen MR) is 88.6 cm³/mol. The third-order valence-corrected chi connectivity index (χ3v) is 3.19. The van der Waals surface area contributed by atoms with Crippen LogP contribution in [-0.2, 0) is 14.6 Å². The first-order chi connectivity index (χ1) is 9.06. The van der Waals surface area contributed by atoms with E-state index in [0.717, 1.165) is 12.8 Å². The van der Waals surface area contributed by atoms with Gasteiger partial charge in [0.1, 0.15) is 0 Å². The Hall–Kier alpha value is 0.376. The maximum Gasteiger partial charge on any atom is 2.00 e. The SMILES string of the molecule is C=C.CCCCCCCCCCCCOS(=O)(=O)O.[H-].[H-].[Mg+2]. The normalized spacial score (nSPS) is 10.3. The molecule has 0 rings (SSSR count). The molecule has 0 unspecified atom stereocenters. The number of hydrogen-bond acceptors (Lipinski definition) is 3. The van der Waals surface area contributed by atoms with Crippen LogP contribution in [-0.4, -0.2) is 42.6 Å². The predicted octanol–water partition coefficient (Wildman–Crippen LogP) is 4.37. The van der Waals surface area contributed by atoms with Crippen LogP contribution in [0.5, 0.6) is 0 Å². The van der Waals surface area contributed by atoms with E-state index in [1.165, 1.54) is 44.9 Å². The molecule has 0 aromatic heterocycles. The number of rotatable bonds is 12. The van der Waals surface area contributed by atoms with Gasteiger partial charge < -0.3 is 2.85 Å². The first-order valence-electron chi connectivity index (χ1n) is 7.18. The summed E-state index contributed by atoms with van der Waals surface area (Å²) in [6.07, 6.45) is 11.9. The minimum atomic E-state index is -4.23. The van der Waals surface area contributed by atoms with Crippen LogP contribution in [0.4, 0.5) is 0 Å². The zero-order chi connectivity index (χ0) is 15.0. The fourth-order valence-electron chi connectivity index (χ4n) is 1.75. The minimum Gasteiger partial charge on any atom is -1.00 e. The van der Waals surface area contributed by atoms with Crippen molar-refractivity contribution in [2.24, 2.45) is 0 Å². The fourth-order valence-corrected chi connectivity index (χ4v) is 2.08. The van der Waals surface area contributed by atoms with Crippen molar-refractivity contribution in [1.29, 1.82) is 0 Å². The van der Waals surface area contributed by atoms with Gasteiger partial charge in [-0.05, 0) is 6.42 Å². The van der Waals surface area contributed by atoms with E-state index in [-0.39, 0.29) is 32.5 Å². The molecule has 6 heteroatoms. The molecule has 0 spiro atoms. The zero-order valence-electron chi connectivity index (χ0n) is 15.0. The second-order valence-corrected chi connectivity index (χ2v) is 5.52. The van der Waals surface area contributed by atoms with Crippen molar-refractivity contribution in [2.75, 3.05) is 6.61 Å². The molecule has 0 heterocycles. The molecule has 0 aromatic carbocycles. The molecule has 0 aromatic rings. The summed E-state index contributed by atoms with van der Waals surface area (Å²) in [7, 11) is -4.23. The summed E-state index contributed by atoms with van der Waals surface area (Å²) in [5.41, 5.74) is 0. The minimum absolute atomic E-state index is 0. The Bertz CT molecular complexity index is 278. The zero-order valence-corrected chi connectivity index (χ0v) is 15.2. The maximum absolute atomic E-state index is 10.2. The molecule has 20 heavy (non-hydrogen) atoms. The van der Waals surface area contributed by atoms with Crippen LogP contribution in [0.15, 0.2) is 13.2 Å². The quantitative estimate of drug-likeness (QED) is 0.251. The van der Waals surface area contributed by atoms with Gasteiger partial charge in [-0.3, -0.25) is 4.55 Å². The van der Waals surface area contributed by atoms with Crippen LogP contribution < -0.4 is 0 Å². The van der Waals surface area contributed by atoms with E-state index in [1.54, 1.807) is 0 Å². The average molecular weight is 321 g/mol. The van der Waals surface area contributed by atoms with Gasteiger partial charge >= 0.3 is 33.5 Å². The van der Waals surface area contributed by atoms with Gasteiger partial charge in [0.2, 0.25) is 0 Å². The maximum atomic E-state index is 10.2. The molecule has 0 aliphatic carbocycles. The third kappa shape index (κ3) is 26.8. The van der Waals surface area contributed by atoms with Crippen molar-refractivity contribution in [3.8, 4) is 0 Å². The Labute approximate surface area is 144 Å². The molecule has 0 saturated carbocycles. The molecule has 0 atom stereocenters.